The quantitative estimate of drug-likeness (QED) is 0.406. The Morgan fingerprint density at radius 3 is 2.60 bits per heavy atom. The highest BCUT2D eigenvalue weighted by atomic mass is 16.5. The van der Waals surface area contributed by atoms with Gasteiger partial charge in [-0.2, -0.15) is 0 Å². The summed E-state index contributed by atoms with van der Waals surface area (Å²) in [6.07, 6.45) is 1.22. The van der Waals surface area contributed by atoms with Gasteiger partial charge in [0.2, 0.25) is 5.54 Å². The normalized spacial score (nSPS) is 19.5. The van der Waals surface area contributed by atoms with Crippen LogP contribution in [0.4, 0.5) is 4.79 Å². The zero-order chi connectivity index (χ0) is 21.3. The Bertz CT molecular complexity index is 1130. The van der Waals surface area contributed by atoms with Crippen molar-refractivity contribution in [1.82, 2.24) is 15.5 Å². The Morgan fingerprint density at radius 1 is 1.20 bits per heavy atom. The Morgan fingerprint density at radius 2 is 1.97 bits per heavy atom. The van der Waals surface area contributed by atoms with Gasteiger partial charge in [-0.25, -0.2) is 4.79 Å². The van der Waals surface area contributed by atoms with Crippen LogP contribution >= 0.6 is 0 Å². The first-order valence-corrected chi connectivity index (χ1v) is 9.17. The predicted molar refractivity (Wildman–Crippen MR) is 108 cm³/mol. The van der Waals surface area contributed by atoms with E-state index in [9.17, 15) is 14.4 Å². The van der Waals surface area contributed by atoms with Crippen LogP contribution in [0.1, 0.15) is 27.0 Å². The lowest BCUT2D eigenvalue weighted by molar-refractivity contribution is -0.122. The second kappa shape index (κ2) is 7.37. The smallest absolute Gasteiger partial charge is 0.323 e. The molecular formula is C22H18N4O4. The number of carbonyl (C=O) groups is 3. The molecule has 2 aromatic rings. The number of imide groups is 1. The summed E-state index contributed by atoms with van der Waals surface area (Å²) in [5.74, 6) is 5.47. The van der Waals surface area contributed by atoms with E-state index in [2.05, 4.69) is 22.5 Å². The van der Waals surface area contributed by atoms with Crippen molar-refractivity contribution < 1.29 is 19.1 Å². The zero-order valence-electron chi connectivity index (χ0n) is 16.1. The number of benzene rings is 2. The molecule has 0 aromatic heterocycles. The molecule has 2 heterocycles. The average molecular weight is 402 g/mol. The number of ether oxygens (including phenoxy) is 1. The minimum absolute atomic E-state index is 0.0913. The highest BCUT2D eigenvalue weighted by Crippen LogP contribution is 2.28. The fraction of sp³-hybridized carbons (Fsp3) is 0.182. The fourth-order valence-electron chi connectivity index (χ4n) is 3.45. The Labute approximate surface area is 172 Å². The number of nitrogens with zero attached hydrogens (tertiary/aromatic N) is 1. The zero-order valence-corrected chi connectivity index (χ0v) is 16.1. The molecule has 0 radical (unpaired) electrons. The van der Waals surface area contributed by atoms with Crippen molar-refractivity contribution in [2.24, 2.45) is 0 Å². The van der Waals surface area contributed by atoms with Crippen LogP contribution in [0.2, 0.25) is 0 Å². The van der Waals surface area contributed by atoms with Crippen molar-refractivity contribution in [2.75, 3.05) is 13.7 Å². The third-order valence-corrected chi connectivity index (χ3v) is 5.06. The lowest BCUT2D eigenvalue weighted by Gasteiger charge is -2.26. The van der Waals surface area contributed by atoms with Gasteiger partial charge in [-0.1, -0.05) is 30.0 Å². The molecule has 0 bridgehead atoms. The van der Waals surface area contributed by atoms with Crippen LogP contribution in [0, 0.1) is 17.3 Å². The topological polar surface area (TPSA) is 112 Å². The van der Waals surface area contributed by atoms with Gasteiger partial charge in [0.25, 0.3) is 11.8 Å². The van der Waals surface area contributed by atoms with E-state index < -0.39 is 17.5 Å². The highest BCUT2D eigenvalue weighted by Gasteiger charge is 2.48. The molecule has 2 aliphatic heterocycles. The lowest BCUT2D eigenvalue weighted by Crippen LogP contribution is -2.54. The molecule has 1 saturated heterocycles. The molecule has 3 N–H and O–H groups in total. The van der Waals surface area contributed by atoms with E-state index in [1.54, 1.807) is 36.4 Å². The van der Waals surface area contributed by atoms with E-state index in [0.717, 1.165) is 11.1 Å². The summed E-state index contributed by atoms with van der Waals surface area (Å²) in [7, 11) is 1.52. The van der Waals surface area contributed by atoms with Crippen molar-refractivity contribution in [3.8, 4) is 17.6 Å². The van der Waals surface area contributed by atoms with E-state index in [1.165, 1.54) is 18.2 Å². The van der Waals surface area contributed by atoms with Gasteiger partial charge in [0.1, 0.15) is 5.75 Å². The Hall–Kier alpha value is -4.12. The number of nitrogens with one attached hydrogen (secondary N) is 3. The van der Waals surface area contributed by atoms with E-state index >= 15 is 0 Å². The summed E-state index contributed by atoms with van der Waals surface area (Å²) in [6, 6.07) is 11.5. The molecule has 150 valence electrons. The van der Waals surface area contributed by atoms with Gasteiger partial charge in [0.15, 0.2) is 0 Å². The largest absolute Gasteiger partial charge is 0.497 e. The van der Waals surface area contributed by atoms with Crippen LogP contribution in [0.3, 0.4) is 0 Å². The van der Waals surface area contributed by atoms with Crippen molar-refractivity contribution in [3.05, 3.63) is 64.7 Å². The third kappa shape index (κ3) is 3.37. The van der Waals surface area contributed by atoms with Gasteiger partial charge >= 0.3 is 6.03 Å². The van der Waals surface area contributed by atoms with Gasteiger partial charge in [-0.05, 0) is 35.4 Å². The summed E-state index contributed by atoms with van der Waals surface area (Å²) in [6.45, 7) is 0.213. The second-order valence-electron chi connectivity index (χ2n) is 7.01. The molecule has 0 aliphatic carbocycles. The van der Waals surface area contributed by atoms with E-state index in [0.29, 0.717) is 23.4 Å². The van der Waals surface area contributed by atoms with Crippen LogP contribution in [-0.2, 0) is 11.3 Å². The molecule has 2 aliphatic rings. The van der Waals surface area contributed by atoms with E-state index in [4.69, 9.17) is 10.1 Å². The average Bonchev–Trinajstić information content (AvgIpc) is 3.21. The van der Waals surface area contributed by atoms with Crippen molar-refractivity contribution >= 4 is 24.1 Å². The van der Waals surface area contributed by atoms with Crippen LogP contribution in [0.15, 0.2) is 42.5 Å². The van der Waals surface area contributed by atoms with Crippen LogP contribution in [-0.4, -0.2) is 48.2 Å². The molecule has 4 amide bonds. The fourth-order valence-corrected chi connectivity index (χ4v) is 3.45. The molecule has 8 nitrogen and oxygen atoms in total. The van der Waals surface area contributed by atoms with Gasteiger partial charge < -0.3 is 20.4 Å². The number of carbonyl (C=O) groups excluding carboxylic acids is 3. The first-order chi connectivity index (χ1) is 14.4. The lowest BCUT2D eigenvalue weighted by atomic mass is 9.99. The minimum Gasteiger partial charge on any atom is -0.497 e. The predicted octanol–water partition coefficient (Wildman–Crippen LogP) is 1.28. The van der Waals surface area contributed by atoms with Crippen molar-refractivity contribution in [1.29, 1.82) is 5.41 Å². The van der Waals surface area contributed by atoms with Gasteiger partial charge in [-0.3, -0.25) is 14.9 Å². The summed E-state index contributed by atoms with van der Waals surface area (Å²) in [5, 5.41) is 12.0. The number of hydrogen-bond donors (Lipinski definition) is 3. The maximum Gasteiger partial charge on any atom is 0.323 e. The number of rotatable bonds is 4. The minimum atomic E-state index is -1.56. The standard InChI is InChI=1S/C22H18N4O4/c1-30-17-7-6-16-12-26(19(27)18(16)10-17)13-22(20(28)24-21(29)25-22)9-8-14-2-4-15(11-23)5-3-14/h2-7,10-11,23H,12-13H2,1H3,(H2,24,25,28,29)/t22-/m0/s1. The second-order valence-corrected chi connectivity index (χ2v) is 7.01. The summed E-state index contributed by atoms with van der Waals surface area (Å²) in [5.41, 5.74) is 1.10. The summed E-state index contributed by atoms with van der Waals surface area (Å²) in [4.78, 5) is 38.8. The first kappa shape index (κ1) is 19.2. The van der Waals surface area contributed by atoms with Gasteiger partial charge in [0, 0.05) is 23.9 Å². The van der Waals surface area contributed by atoms with Crippen LogP contribution in [0.5, 0.6) is 5.75 Å². The number of urea groups is 1. The van der Waals surface area contributed by atoms with Crippen LogP contribution < -0.4 is 15.4 Å². The van der Waals surface area contributed by atoms with E-state index in [-0.39, 0.29) is 12.5 Å². The molecule has 0 spiro atoms. The maximum absolute atomic E-state index is 12.9. The SMILES string of the molecule is COc1ccc2c(c1)C(=O)N(C[C@]1(C#Cc3ccc(C=N)cc3)NC(=O)NC1=O)C2. The van der Waals surface area contributed by atoms with E-state index in [1.807, 2.05) is 6.07 Å². The molecule has 0 saturated carbocycles. The Kier molecular flexibility index (Phi) is 4.72. The maximum atomic E-state index is 12.9. The number of fused-ring (bicyclic) bond motifs is 1. The Balaban J connectivity index is 1.63. The molecule has 0 unspecified atom stereocenters. The first-order valence-electron chi connectivity index (χ1n) is 9.17. The third-order valence-electron chi connectivity index (χ3n) is 5.06. The van der Waals surface area contributed by atoms with Crippen LogP contribution in [0.25, 0.3) is 0 Å². The molecular weight excluding hydrogens is 384 g/mol. The summed E-state index contributed by atoms with van der Waals surface area (Å²) >= 11 is 0. The molecule has 2 aromatic carbocycles. The van der Waals surface area contributed by atoms with Crippen molar-refractivity contribution in [3.63, 3.8) is 0 Å². The molecule has 1 atom stereocenters. The number of methoxy groups -OCH3 is 1. The molecule has 30 heavy (non-hydrogen) atoms. The highest BCUT2D eigenvalue weighted by molar-refractivity contribution is 6.10. The monoisotopic (exact) mass is 402 g/mol. The van der Waals surface area contributed by atoms with Gasteiger partial charge in [0.05, 0.1) is 13.7 Å². The number of hydrogen-bond acceptors (Lipinski definition) is 5. The van der Waals surface area contributed by atoms with Crippen molar-refractivity contribution in [2.45, 2.75) is 12.1 Å². The molecule has 1 fully saturated rings. The number of amides is 4. The summed E-state index contributed by atoms with van der Waals surface area (Å²) < 4.78 is 5.18. The molecule has 8 heteroatoms. The molecule has 4 rings (SSSR count). The van der Waals surface area contributed by atoms with Gasteiger partial charge in [-0.15, -0.1) is 0 Å².